The number of hydrogen-bond acceptors (Lipinski definition) is 2. The van der Waals surface area contributed by atoms with E-state index in [1.54, 1.807) is 0 Å². The summed E-state index contributed by atoms with van der Waals surface area (Å²) in [6, 6.07) is 0. The van der Waals surface area contributed by atoms with Crippen molar-refractivity contribution in [3.63, 3.8) is 0 Å². The summed E-state index contributed by atoms with van der Waals surface area (Å²) >= 11 is 0. The fourth-order valence-electron chi connectivity index (χ4n) is 1.77. The molecule has 0 aromatic heterocycles. The monoisotopic (exact) mass is 534 g/mol. The average molecular weight is 535 g/mol. The van der Waals surface area contributed by atoms with Crippen molar-refractivity contribution >= 4 is 23.1 Å². The van der Waals surface area contributed by atoms with E-state index in [-0.39, 0.29) is 71.0 Å². The third kappa shape index (κ3) is 30.4. The first-order valence-corrected chi connectivity index (χ1v) is 7.72. The molecule has 0 saturated heterocycles. The van der Waals surface area contributed by atoms with E-state index in [4.69, 9.17) is 9.47 Å². The summed E-state index contributed by atoms with van der Waals surface area (Å²) in [6.07, 6.45) is 15.7. The van der Waals surface area contributed by atoms with Crippen LogP contribution in [0, 0.1) is 0 Å². The molecule has 0 atom stereocenters. The molecule has 0 rings (SSSR count). The van der Waals surface area contributed by atoms with Crippen LogP contribution in [0.5, 0.6) is 0 Å². The Labute approximate surface area is 182 Å². The van der Waals surface area contributed by atoms with E-state index >= 15 is 0 Å². The molecule has 0 spiro atoms. The zero-order chi connectivity index (χ0) is 13.3. The summed E-state index contributed by atoms with van der Waals surface area (Å²) in [5, 5.41) is 0. The molecular weight excluding hydrogens is 502 g/mol. The molecule has 0 aliphatic carbocycles. The maximum absolute atomic E-state index is 5.42. The fraction of sp³-hybridized carbons (Fsp3) is 0.875. The molecule has 0 bridgehead atoms. The number of halogens is 2. The van der Waals surface area contributed by atoms with Crippen molar-refractivity contribution in [1.29, 1.82) is 0 Å². The summed E-state index contributed by atoms with van der Waals surface area (Å²) in [7, 11) is 0. The Morgan fingerprint density at radius 3 is 1.90 bits per heavy atom. The molecule has 5 heteroatoms. The molecule has 0 aromatic rings. The second kappa shape index (κ2) is 29.8. The van der Waals surface area contributed by atoms with Crippen molar-refractivity contribution in [3.8, 4) is 0 Å². The Kier molecular flexibility index (Phi) is 43.7. The van der Waals surface area contributed by atoms with Crippen molar-refractivity contribution in [2.75, 3.05) is 20.0 Å². The largest absolute Gasteiger partial charge is 2.00 e. The molecule has 0 amide bonds. The molecule has 0 fully saturated rings. The van der Waals surface area contributed by atoms with Gasteiger partial charge in [0.2, 0.25) is 0 Å². The van der Waals surface area contributed by atoms with Gasteiger partial charge >= 0.3 is 23.1 Å². The molecule has 0 aromatic carbocycles. The first-order valence-electron chi connectivity index (χ1n) is 7.72. The van der Waals surface area contributed by atoms with Gasteiger partial charge in [0.05, 0.1) is 6.61 Å². The smallest absolute Gasteiger partial charge is 1.00 e. The van der Waals surface area contributed by atoms with Gasteiger partial charge in [0.15, 0.2) is 0 Å². The van der Waals surface area contributed by atoms with Crippen molar-refractivity contribution < 1.29 is 57.4 Å². The van der Waals surface area contributed by atoms with Gasteiger partial charge in [0, 0.05) is 6.61 Å². The SMILES string of the molecule is CC/C=C/CCOCOCCCCCCCCC.[I-].[I-].[Mg+2]. The summed E-state index contributed by atoms with van der Waals surface area (Å²) in [4.78, 5) is 0. The Morgan fingerprint density at radius 2 is 1.29 bits per heavy atom. The quantitative estimate of drug-likeness (QED) is 0.0909. The molecule has 0 aliphatic rings. The van der Waals surface area contributed by atoms with Crippen molar-refractivity contribution in [3.05, 3.63) is 12.2 Å². The van der Waals surface area contributed by atoms with Gasteiger partial charge in [-0.15, -0.1) is 0 Å². The van der Waals surface area contributed by atoms with Crippen molar-refractivity contribution in [1.82, 2.24) is 0 Å². The van der Waals surface area contributed by atoms with Gasteiger partial charge in [-0.2, -0.15) is 0 Å². The van der Waals surface area contributed by atoms with Crippen LogP contribution >= 0.6 is 0 Å². The van der Waals surface area contributed by atoms with Crippen LogP contribution in [-0.4, -0.2) is 43.1 Å². The first-order chi connectivity index (χ1) is 8.91. The summed E-state index contributed by atoms with van der Waals surface area (Å²) < 4.78 is 10.8. The van der Waals surface area contributed by atoms with E-state index in [9.17, 15) is 0 Å². The third-order valence-corrected chi connectivity index (χ3v) is 2.89. The van der Waals surface area contributed by atoms with Crippen LogP contribution in [0.4, 0.5) is 0 Å². The van der Waals surface area contributed by atoms with Gasteiger partial charge in [-0.3, -0.25) is 0 Å². The molecule has 0 heterocycles. The van der Waals surface area contributed by atoms with E-state index in [0.29, 0.717) is 6.79 Å². The molecule has 0 aliphatic heterocycles. The van der Waals surface area contributed by atoms with E-state index in [0.717, 1.165) is 26.1 Å². The van der Waals surface area contributed by atoms with Gasteiger partial charge in [0.1, 0.15) is 6.79 Å². The minimum atomic E-state index is 0. The number of ether oxygens (including phenoxy) is 2. The van der Waals surface area contributed by atoms with Gasteiger partial charge in [-0.25, -0.2) is 0 Å². The number of rotatable bonds is 14. The standard InChI is InChI=1S/C16H32O2.2HI.Mg/c1-3-5-7-9-10-11-13-15-18-16-17-14-12-8-6-4-2;;;/h6,8H,3-5,7,9-16H2,1-2H3;2*1H;/q;;;+2/p-2/b8-6+;;;. The average Bonchev–Trinajstić information content (AvgIpc) is 2.39. The first kappa shape index (κ1) is 30.7. The molecule has 2 nitrogen and oxygen atoms in total. The minimum absolute atomic E-state index is 0. The number of unbranched alkanes of at least 4 members (excludes halogenated alkanes) is 6. The van der Waals surface area contributed by atoms with Crippen molar-refractivity contribution in [2.45, 2.75) is 71.6 Å². The maximum atomic E-state index is 5.42. The zero-order valence-electron chi connectivity index (χ0n) is 13.9. The molecule has 0 radical (unpaired) electrons. The Morgan fingerprint density at radius 1 is 0.714 bits per heavy atom. The Bertz CT molecular complexity index is 182. The minimum Gasteiger partial charge on any atom is -1.00 e. The van der Waals surface area contributed by atoms with Crippen LogP contribution < -0.4 is 48.0 Å². The maximum Gasteiger partial charge on any atom is 2.00 e. The third-order valence-electron chi connectivity index (χ3n) is 2.89. The molecular formula is C16H32I2MgO2. The Balaban J connectivity index is -0.000000482. The van der Waals surface area contributed by atoms with Crippen LogP contribution in [0.3, 0.4) is 0 Å². The van der Waals surface area contributed by atoms with Crippen molar-refractivity contribution in [2.24, 2.45) is 0 Å². The van der Waals surface area contributed by atoms with E-state index in [2.05, 4.69) is 26.0 Å². The number of allylic oxidation sites excluding steroid dienone is 1. The van der Waals surface area contributed by atoms with Gasteiger partial charge in [-0.05, 0) is 19.3 Å². The molecule has 124 valence electrons. The second-order valence-corrected chi connectivity index (χ2v) is 4.72. The summed E-state index contributed by atoms with van der Waals surface area (Å²) in [5.74, 6) is 0. The second-order valence-electron chi connectivity index (χ2n) is 4.72. The fourth-order valence-corrected chi connectivity index (χ4v) is 1.77. The topological polar surface area (TPSA) is 18.5 Å². The molecule has 21 heavy (non-hydrogen) atoms. The normalized spacial score (nSPS) is 9.81. The van der Waals surface area contributed by atoms with Gasteiger partial charge < -0.3 is 57.4 Å². The molecule has 0 N–H and O–H groups in total. The van der Waals surface area contributed by atoms with E-state index < -0.39 is 0 Å². The summed E-state index contributed by atoms with van der Waals surface area (Å²) in [5.41, 5.74) is 0. The zero-order valence-corrected chi connectivity index (χ0v) is 19.6. The van der Waals surface area contributed by atoms with Crippen LogP contribution in [0.25, 0.3) is 0 Å². The Hall–Kier alpha value is 1.89. The van der Waals surface area contributed by atoms with Gasteiger partial charge in [-0.1, -0.05) is 64.5 Å². The van der Waals surface area contributed by atoms with Gasteiger partial charge in [0.25, 0.3) is 0 Å². The van der Waals surface area contributed by atoms with Crippen LogP contribution in [0.2, 0.25) is 0 Å². The van der Waals surface area contributed by atoms with E-state index in [1.165, 1.54) is 44.9 Å². The summed E-state index contributed by atoms with van der Waals surface area (Å²) in [6.45, 7) is 6.47. The van der Waals surface area contributed by atoms with Crippen LogP contribution in [-0.2, 0) is 9.47 Å². The van der Waals surface area contributed by atoms with E-state index in [1.807, 2.05) is 0 Å². The molecule has 0 saturated carbocycles. The van der Waals surface area contributed by atoms with Crippen LogP contribution in [0.15, 0.2) is 12.2 Å². The van der Waals surface area contributed by atoms with Crippen LogP contribution in [0.1, 0.15) is 71.6 Å². The number of hydrogen-bond donors (Lipinski definition) is 0. The molecule has 0 unspecified atom stereocenters. The predicted octanol–water partition coefficient (Wildman–Crippen LogP) is -1.29. The predicted molar refractivity (Wildman–Crippen MR) is 84.6 cm³/mol.